The lowest BCUT2D eigenvalue weighted by atomic mass is 10.1. The number of anilines is 2. The van der Waals surface area contributed by atoms with Crippen LogP contribution in [0.15, 0.2) is 53.7 Å². The van der Waals surface area contributed by atoms with E-state index in [2.05, 4.69) is 9.97 Å². The van der Waals surface area contributed by atoms with Gasteiger partial charge in [-0.1, -0.05) is 23.2 Å². The fourth-order valence-electron chi connectivity index (χ4n) is 4.94. The highest BCUT2D eigenvalue weighted by molar-refractivity contribution is 6.33. The lowest BCUT2D eigenvalue weighted by molar-refractivity contribution is -0.122. The third-order valence-electron chi connectivity index (χ3n) is 7.07. The van der Waals surface area contributed by atoms with E-state index in [1.165, 1.54) is 23.0 Å². The number of hydrogen-bond donors (Lipinski definition) is 1. The number of rotatable bonds is 7. The number of hydrogen-bond acceptors (Lipinski definition) is 8. The van der Waals surface area contributed by atoms with Gasteiger partial charge < -0.3 is 14.7 Å². The maximum Gasteiger partial charge on any atom is 0.341 e. The lowest BCUT2D eigenvalue weighted by Crippen LogP contribution is -2.43. The third-order valence-corrected chi connectivity index (χ3v) is 7.63. The number of amides is 1. The summed E-state index contributed by atoms with van der Waals surface area (Å²) in [6.07, 6.45) is 6.49. The second kappa shape index (κ2) is 10.4. The number of aromatic carboxylic acids is 1. The van der Waals surface area contributed by atoms with Crippen LogP contribution in [0.25, 0.3) is 16.7 Å². The molecule has 0 radical (unpaired) electrons. The summed E-state index contributed by atoms with van der Waals surface area (Å²) < 4.78 is 7.40. The van der Waals surface area contributed by atoms with Crippen LogP contribution in [0, 0.1) is 0 Å². The molecule has 40 heavy (non-hydrogen) atoms. The summed E-state index contributed by atoms with van der Waals surface area (Å²) in [6.45, 7) is 1.53. The van der Waals surface area contributed by atoms with Gasteiger partial charge in [-0.15, -0.1) is 0 Å². The van der Waals surface area contributed by atoms with E-state index in [0.717, 1.165) is 12.8 Å². The molecule has 204 valence electrons. The van der Waals surface area contributed by atoms with E-state index in [1.54, 1.807) is 35.4 Å². The van der Waals surface area contributed by atoms with Gasteiger partial charge in [-0.25, -0.2) is 19.7 Å². The summed E-state index contributed by atoms with van der Waals surface area (Å²) in [7, 11) is 0. The van der Waals surface area contributed by atoms with Crippen molar-refractivity contribution in [1.29, 1.82) is 0 Å². The van der Waals surface area contributed by atoms with Crippen molar-refractivity contribution in [3.63, 3.8) is 0 Å². The van der Waals surface area contributed by atoms with Crippen molar-refractivity contribution in [2.45, 2.75) is 25.3 Å². The lowest BCUT2D eigenvalue weighted by Gasteiger charge is -2.29. The van der Waals surface area contributed by atoms with E-state index in [9.17, 15) is 19.5 Å². The number of carbonyl (C=O) groups is 2. The van der Waals surface area contributed by atoms with Crippen LogP contribution in [0.4, 0.5) is 11.6 Å². The number of β-lactam (4-membered cyclic amide) rings is 1. The molecule has 1 amide bonds. The minimum Gasteiger partial charge on any atom is -0.477 e. The standard InChI is InChI=1S/C27H22Cl2N6O5/c28-19-4-1-8-30-26(19)40-14-16-3-2-9-33(16)25-20(29)11-17-23(37)18(27(38)39)13-35(24(17)32-25)15-5-6-21(31-12-15)34-10-7-22(34)36/h1,4-6,8,11-13,16H,2-3,7,9-10,14H2,(H,38,39). The maximum atomic E-state index is 13.1. The zero-order chi connectivity index (χ0) is 28.0. The molecule has 11 nitrogen and oxygen atoms in total. The molecule has 4 aromatic heterocycles. The van der Waals surface area contributed by atoms with Gasteiger partial charge in [0, 0.05) is 31.9 Å². The van der Waals surface area contributed by atoms with Gasteiger partial charge in [-0.2, -0.15) is 0 Å². The van der Waals surface area contributed by atoms with Crippen molar-refractivity contribution in [3.05, 3.63) is 74.8 Å². The van der Waals surface area contributed by atoms with Gasteiger partial charge in [-0.3, -0.25) is 19.1 Å². The predicted molar refractivity (Wildman–Crippen MR) is 149 cm³/mol. The fraction of sp³-hybridized carbons (Fsp3) is 0.259. The normalized spacial score (nSPS) is 16.9. The van der Waals surface area contributed by atoms with Gasteiger partial charge >= 0.3 is 5.97 Å². The summed E-state index contributed by atoms with van der Waals surface area (Å²) in [6, 6.07) is 8.16. The second-order valence-corrected chi connectivity index (χ2v) is 10.3. The van der Waals surface area contributed by atoms with Crippen LogP contribution >= 0.6 is 23.2 Å². The third kappa shape index (κ3) is 4.61. The van der Waals surface area contributed by atoms with Gasteiger partial charge in [-0.05, 0) is 43.2 Å². The average molecular weight is 581 g/mol. The Labute approximate surface area is 237 Å². The molecule has 4 aromatic rings. The Bertz CT molecular complexity index is 1710. The Morgan fingerprint density at radius 2 is 1.98 bits per heavy atom. The van der Waals surface area contributed by atoms with Gasteiger partial charge in [0.2, 0.25) is 17.2 Å². The number of fused-ring (bicyclic) bond motifs is 1. The summed E-state index contributed by atoms with van der Waals surface area (Å²) in [5.41, 5.74) is -0.430. The molecule has 2 saturated heterocycles. The van der Waals surface area contributed by atoms with Gasteiger partial charge in [0.1, 0.15) is 28.8 Å². The Morgan fingerprint density at radius 3 is 2.65 bits per heavy atom. The number of carboxylic acids is 1. The van der Waals surface area contributed by atoms with Crippen LogP contribution in [0.3, 0.4) is 0 Å². The first-order valence-electron chi connectivity index (χ1n) is 12.6. The van der Waals surface area contributed by atoms with Crippen molar-refractivity contribution in [2.24, 2.45) is 0 Å². The smallest absolute Gasteiger partial charge is 0.341 e. The molecule has 1 unspecified atom stereocenters. The van der Waals surface area contributed by atoms with Crippen LogP contribution in [0.1, 0.15) is 29.6 Å². The molecular formula is C27H22Cl2N6O5. The molecule has 0 spiro atoms. The summed E-state index contributed by atoms with van der Waals surface area (Å²) in [5.74, 6) is -0.119. The zero-order valence-electron chi connectivity index (χ0n) is 21.0. The predicted octanol–water partition coefficient (Wildman–Crippen LogP) is 3.97. The Kier molecular flexibility index (Phi) is 6.77. The topological polar surface area (TPSA) is 131 Å². The molecular weight excluding hydrogens is 559 g/mol. The Hall–Kier alpha value is -4.22. The van der Waals surface area contributed by atoms with E-state index in [4.69, 9.17) is 32.9 Å². The number of halogens is 2. The van der Waals surface area contributed by atoms with Crippen LogP contribution in [0.2, 0.25) is 10.0 Å². The quantitative estimate of drug-likeness (QED) is 0.322. The van der Waals surface area contributed by atoms with E-state index >= 15 is 0 Å². The minimum absolute atomic E-state index is 0.0161. The molecule has 2 aliphatic heterocycles. The van der Waals surface area contributed by atoms with Crippen molar-refractivity contribution in [2.75, 3.05) is 29.5 Å². The number of aromatic nitrogens is 4. The molecule has 2 aliphatic rings. The Balaban J connectivity index is 1.41. The summed E-state index contributed by atoms with van der Waals surface area (Å²) in [4.78, 5) is 53.8. The largest absolute Gasteiger partial charge is 0.477 e. The zero-order valence-corrected chi connectivity index (χ0v) is 22.5. The van der Waals surface area contributed by atoms with Crippen molar-refractivity contribution < 1.29 is 19.4 Å². The molecule has 1 atom stereocenters. The number of nitrogens with zero attached hydrogens (tertiary/aromatic N) is 6. The molecule has 0 aliphatic carbocycles. The first-order chi connectivity index (χ1) is 19.3. The van der Waals surface area contributed by atoms with Crippen LogP contribution in [-0.4, -0.2) is 62.2 Å². The molecule has 13 heteroatoms. The number of ether oxygens (including phenoxy) is 1. The van der Waals surface area contributed by atoms with E-state index < -0.39 is 17.0 Å². The molecule has 1 N–H and O–H groups in total. The maximum absolute atomic E-state index is 13.1. The summed E-state index contributed by atoms with van der Waals surface area (Å²) in [5, 5.41) is 10.4. The molecule has 0 saturated carbocycles. The molecule has 0 aromatic carbocycles. The molecule has 6 heterocycles. The highest BCUT2D eigenvalue weighted by atomic mass is 35.5. The van der Waals surface area contributed by atoms with Crippen LogP contribution in [-0.2, 0) is 4.79 Å². The first-order valence-corrected chi connectivity index (χ1v) is 13.3. The highest BCUT2D eigenvalue weighted by Gasteiger charge is 2.30. The van der Waals surface area contributed by atoms with Crippen molar-refractivity contribution >= 4 is 57.7 Å². The molecule has 6 rings (SSSR count). The Morgan fingerprint density at radius 1 is 1.12 bits per heavy atom. The average Bonchev–Trinajstić information content (AvgIpc) is 3.40. The van der Waals surface area contributed by atoms with E-state index in [1.807, 2.05) is 4.90 Å². The van der Waals surface area contributed by atoms with Crippen LogP contribution < -0.4 is 20.0 Å². The minimum atomic E-state index is -1.37. The molecule has 2 fully saturated rings. The first kappa shape index (κ1) is 26.0. The van der Waals surface area contributed by atoms with E-state index in [0.29, 0.717) is 47.7 Å². The SMILES string of the molecule is O=C(O)c1cn(-c2ccc(N3CCC3=O)nc2)c2nc(N3CCCC3COc3ncccc3Cl)c(Cl)cc2c1=O. The second-order valence-electron chi connectivity index (χ2n) is 9.47. The van der Waals surface area contributed by atoms with Gasteiger partial charge in [0.05, 0.1) is 28.3 Å². The van der Waals surface area contributed by atoms with Gasteiger partial charge in [0.25, 0.3) is 0 Å². The summed E-state index contributed by atoms with van der Waals surface area (Å²) >= 11 is 12.9. The monoisotopic (exact) mass is 580 g/mol. The fourth-order valence-corrected chi connectivity index (χ4v) is 5.38. The number of carboxylic acid groups (broad SMARTS) is 1. The van der Waals surface area contributed by atoms with Crippen molar-refractivity contribution in [3.8, 4) is 11.6 Å². The molecule has 0 bridgehead atoms. The number of carbonyl (C=O) groups excluding carboxylic acids is 1. The number of pyridine rings is 4. The van der Waals surface area contributed by atoms with Gasteiger partial charge in [0.15, 0.2) is 5.65 Å². The van der Waals surface area contributed by atoms with E-state index in [-0.39, 0.29) is 34.6 Å². The van der Waals surface area contributed by atoms with Crippen molar-refractivity contribution in [1.82, 2.24) is 19.5 Å². The highest BCUT2D eigenvalue weighted by Crippen LogP contribution is 2.33. The van der Waals surface area contributed by atoms with Crippen LogP contribution in [0.5, 0.6) is 5.88 Å².